The molecule has 0 bridgehead atoms. The largest absolute Gasteiger partial charge is 0.315 e. The molecule has 0 N–H and O–H groups in total. The van der Waals surface area contributed by atoms with E-state index in [1.807, 2.05) is 24.3 Å². The van der Waals surface area contributed by atoms with Crippen molar-refractivity contribution in [1.29, 1.82) is 10.5 Å². The number of thioether (sulfide) groups is 1. The molecule has 0 saturated carbocycles. The Hall–Kier alpha value is -2.84. The van der Waals surface area contributed by atoms with Crippen LogP contribution >= 0.6 is 11.8 Å². The summed E-state index contributed by atoms with van der Waals surface area (Å²) in [6.45, 7) is 4.07. The number of hydrogen-bond donors (Lipinski definition) is 0. The highest BCUT2D eigenvalue weighted by atomic mass is 32.2. The Kier molecular flexibility index (Phi) is 6.55. The number of carbonyl (C=O) groups is 1. The van der Waals surface area contributed by atoms with Gasteiger partial charge in [-0.15, -0.1) is 10.2 Å². The normalized spacial score (nSPS) is 10.3. The van der Waals surface area contributed by atoms with Gasteiger partial charge in [0.05, 0.1) is 17.9 Å². The van der Waals surface area contributed by atoms with E-state index in [-0.39, 0.29) is 24.7 Å². The van der Waals surface area contributed by atoms with E-state index < -0.39 is 0 Å². The van der Waals surface area contributed by atoms with Gasteiger partial charge >= 0.3 is 0 Å². The molecular weight excluding hydrogens is 336 g/mol. The quantitative estimate of drug-likeness (QED) is 0.559. The van der Waals surface area contributed by atoms with Crippen molar-refractivity contribution in [3.8, 4) is 17.8 Å². The minimum atomic E-state index is -0.280. The molecule has 0 aliphatic rings. The first-order chi connectivity index (χ1) is 12.1. The van der Waals surface area contributed by atoms with Crippen LogP contribution in [0.5, 0.6) is 0 Å². The summed E-state index contributed by atoms with van der Waals surface area (Å²) in [5.74, 6) is 0.261. The molecule has 2 aromatic rings. The van der Waals surface area contributed by atoms with Crippen molar-refractivity contribution in [3.63, 3.8) is 0 Å². The van der Waals surface area contributed by atoms with Crippen molar-refractivity contribution in [2.45, 2.75) is 24.9 Å². The van der Waals surface area contributed by atoms with Gasteiger partial charge in [0, 0.05) is 5.69 Å². The molecule has 0 aliphatic heterocycles. The van der Waals surface area contributed by atoms with E-state index in [9.17, 15) is 4.79 Å². The lowest BCUT2D eigenvalue weighted by molar-refractivity contribution is -0.127. The maximum Gasteiger partial charge on any atom is 0.234 e. The van der Waals surface area contributed by atoms with Crippen LogP contribution in [-0.2, 0) is 4.79 Å². The molecule has 0 radical (unpaired) electrons. The topological polar surface area (TPSA) is 98.6 Å². The molecule has 2 rings (SSSR count). The molecule has 1 heterocycles. The number of amides is 1. The Morgan fingerprint density at radius 2 is 1.88 bits per heavy atom. The van der Waals surface area contributed by atoms with Gasteiger partial charge in [0.25, 0.3) is 0 Å². The molecule has 0 aliphatic carbocycles. The van der Waals surface area contributed by atoms with Gasteiger partial charge in [0.15, 0.2) is 5.16 Å². The van der Waals surface area contributed by atoms with Crippen molar-refractivity contribution < 1.29 is 4.79 Å². The van der Waals surface area contributed by atoms with Gasteiger partial charge in [0.2, 0.25) is 5.91 Å². The minimum absolute atomic E-state index is 0.0894. The predicted octanol–water partition coefficient (Wildman–Crippen LogP) is 2.36. The molecule has 0 unspecified atom stereocenters. The zero-order valence-corrected chi connectivity index (χ0v) is 14.9. The van der Waals surface area contributed by atoms with Gasteiger partial charge in [-0.1, -0.05) is 37.7 Å². The Balaban J connectivity index is 2.08. The zero-order valence-electron chi connectivity index (χ0n) is 14.1. The second-order valence-corrected chi connectivity index (χ2v) is 6.53. The second kappa shape index (κ2) is 8.86. The number of hydrogen-bond acceptors (Lipinski definition) is 6. The Bertz CT molecular complexity index is 784. The van der Waals surface area contributed by atoms with Crippen LogP contribution in [0, 0.1) is 22.7 Å². The SMILES string of the molecule is CC(C)c1ccc(-n2cnnc2SCC(=O)N(CC#N)CC#N)cc1. The first kappa shape index (κ1) is 18.5. The highest BCUT2D eigenvalue weighted by molar-refractivity contribution is 7.99. The van der Waals surface area contributed by atoms with Gasteiger partial charge in [-0.2, -0.15) is 10.5 Å². The van der Waals surface area contributed by atoms with Crippen molar-refractivity contribution >= 4 is 17.7 Å². The number of benzene rings is 1. The average molecular weight is 354 g/mol. The van der Waals surface area contributed by atoms with Gasteiger partial charge in [-0.05, 0) is 23.6 Å². The van der Waals surface area contributed by atoms with Crippen molar-refractivity contribution in [2.24, 2.45) is 0 Å². The monoisotopic (exact) mass is 354 g/mol. The van der Waals surface area contributed by atoms with Crippen molar-refractivity contribution in [1.82, 2.24) is 19.7 Å². The second-order valence-electron chi connectivity index (χ2n) is 5.58. The summed E-state index contributed by atoms with van der Waals surface area (Å²) in [4.78, 5) is 13.3. The van der Waals surface area contributed by atoms with Crippen LogP contribution in [0.2, 0.25) is 0 Å². The highest BCUT2D eigenvalue weighted by Crippen LogP contribution is 2.22. The molecule has 1 aromatic heterocycles. The number of rotatable bonds is 7. The summed E-state index contributed by atoms with van der Waals surface area (Å²) in [5, 5.41) is 26.0. The summed E-state index contributed by atoms with van der Waals surface area (Å²) in [6, 6.07) is 11.9. The number of carbonyl (C=O) groups excluding carboxylic acids is 1. The molecule has 1 aromatic carbocycles. The molecule has 1 amide bonds. The van der Waals surface area contributed by atoms with Crippen LogP contribution < -0.4 is 0 Å². The molecule has 0 atom stereocenters. The molecule has 0 saturated heterocycles. The number of nitrogens with zero attached hydrogens (tertiary/aromatic N) is 6. The lowest BCUT2D eigenvalue weighted by Gasteiger charge is -2.15. The first-order valence-electron chi connectivity index (χ1n) is 7.71. The molecular formula is C17H18N6OS. The Morgan fingerprint density at radius 1 is 1.24 bits per heavy atom. The number of aromatic nitrogens is 3. The third kappa shape index (κ3) is 4.82. The van der Waals surface area contributed by atoms with Crippen LogP contribution in [-0.4, -0.2) is 44.4 Å². The van der Waals surface area contributed by atoms with Crippen LogP contribution in [0.1, 0.15) is 25.3 Å². The van der Waals surface area contributed by atoms with E-state index in [2.05, 4.69) is 36.2 Å². The third-order valence-corrected chi connectivity index (χ3v) is 4.48. The molecule has 7 nitrogen and oxygen atoms in total. The van der Waals surface area contributed by atoms with E-state index in [0.717, 1.165) is 5.69 Å². The summed E-state index contributed by atoms with van der Waals surface area (Å²) in [5.41, 5.74) is 2.15. The highest BCUT2D eigenvalue weighted by Gasteiger charge is 2.15. The van der Waals surface area contributed by atoms with Crippen LogP contribution in [0.4, 0.5) is 0 Å². The Labute approximate surface area is 150 Å². The smallest absolute Gasteiger partial charge is 0.234 e. The Morgan fingerprint density at radius 3 is 2.44 bits per heavy atom. The molecule has 25 heavy (non-hydrogen) atoms. The van der Waals surface area contributed by atoms with Crippen molar-refractivity contribution in [3.05, 3.63) is 36.2 Å². The minimum Gasteiger partial charge on any atom is -0.315 e. The van der Waals surface area contributed by atoms with E-state index in [1.165, 1.54) is 22.2 Å². The van der Waals surface area contributed by atoms with Gasteiger partial charge in [-0.3, -0.25) is 9.36 Å². The lowest BCUT2D eigenvalue weighted by Crippen LogP contribution is -2.33. The maximum atomic E-state index is 12.1. The van der Waals surface area contributed by atoms with Gasteiger partial charge < -0.3 is 4.90 Å². The predicted molar refractivity (Wildman–Crippen MR) is 94.0 cm³/mol. The third-order valence-electron chi connectivity index (χ3n) is 3.55. The van der Waals surface area contributed by atoms with Gasteiger partial charge in [-0.25, -0.2) is 0 Å². The van der Waals surface area contributed by atoms with E-state index in [0.29, 0.717) is 11.1 Å². The molecule has 0 fully saturated rings. The fraction of sp³-hybridized carbons (Fsp3) is 0.353. The maximum absolute atomic E-state index is 12.1. The fourth-order valence-corrected chi connectivity index (χ4v) is 2.97. The van der Waals surface area contributed by atoms with E-state index in [4.69, 9.17) is 10.5 Å². The van der Waals surface area contributed by atoms with Crippen LogP contribution in [0.25, 0.3) is 5.69 Å². The summed E-state index contributed by atoms with van der Waals surface area (Å²) >= 11 is 1.23. The van der Waals surface area contributed by atoms with E-state index in [1.54, 1.807) is 10.9 Å². The fourth-order valence-electron chi connectivity index (χ4n) is 2.14. The van der Waals surface area contributed by atoms with Gasteiger partial charge in [0.1, 0.15) is 19.4 Å². The summed E-state index contributed by atoms with van der Waals surface area (Å²) < 4.78 is 1.81. The zero-order chi connectivity index (χ0) is 18.2. The van der Waals surface area contributed by atoms with Crippen LogP contribution in [0.15, 0.2) is 35.7 Å². The average Bonchev–Trinajstić information content (AvgIpc) is 3.08. The summed E-state index contributed by atoms with van der Waals surface area (Å²) in [7, 11) is 0. The first-order valence-corrected chi connectivity index (χ1v) is 8.70. The van der Waals surface area contributed by atoms with Crippen LogP contribution in [0.3, 0.4) is 0 Å². The standard InChI is InChI=1S/C17H18N6OS/c1-13(2)14-3-5-15(6-4-14)23-12-20-21-17(23)25-11-16(24)22(9-7-18)10-8-19/h3-6,12-13H,9-11H2,1-2H3. The molecule has 0 spiro atoms. The van der Waals surface area contributed by atoms with E-state index >= 15 is 0 Å². The van der Waals surface area contributed by atoms with Crippen molar-refractivity contribution in [2.75, 3.05) is 18.8 Å². The molecule has 128 valence electrons. The lowest BCUT2D eigenvalue weighted by atomic mass is 10.0. The molecule has 8 heteroatoms. The summed E-state index contributed by atoms with van der Waals surface area (Å²) in [6.07, 6.45) is 1.60. The number of nitriles is 2.